The summed E-state index contributed by atoms with van der Waals surface area (Å²) < 4.78 is 0. The highest BCUT2D eigenvalue weighted by Crippen LogP contribution is 2.35. The lowest BCUT2D eigenvalue weighted by Gasteiger charge is -2.07. The standard InChI is InChI=1S/C17H15Cl/c1-2-12-10-14-4-3-5-16(17(14)11-12)13-6-8-15(18)9-7-13/h3-9,11H,2,10H2,1H3. The zero-order valence-corrected chi connectivity index (χ0v) is 11.2. The van der Waals surface area contributed by atoms with E-state index in [-0.39, 0.29) is 0 Å². The van der Waals surface area contributed by atoms with Crippen molar-refractivity contribution in [2.45, 2.75) is 19.8 Å². The summed E-state index contributed by atoms with van der Waals surface area (Å²) in [6.45, 7) is 2.22. The summed E-state index contributed by atoms with van der Waals surface area (Å²) in [6.07, 6.45) is 4.58. The Bertz CT molecular complexity index is 606. The molecule has 2 aromatic carbocycles. The molecule has 1 heteroatoms. The lowest BCUT2D eigenvalue weighted by molar-refractivity contribution is 1.04. The van der Waals surface area contributed by atoms with Crippen molar-refractivity contribution in [3.8, 4) is 11.1 Å². The van der Waals surface area contributed by atoms with Crippen LogP contribution >= 0.6 is 11.6 Å². The van der Waals surface area contributed by atoms with Crippen LogP contribution in [-0.4, -0.2) is 0 Å². The van der Waals surface area contributed by atoms with Crippen molar-refractivity contribution in [3.63, 3.8) is 0 Å². The molecule has 1 aliphatic rings. The number of hydrogen-bond acceptors (Lipinski definition) is 0. The van der Waals surface area contributed by atoms with Gasteiger partial charge in [-0.1, -0.05) is 60.5 Å². The van der Waals surface area contributed by atoms with Gasteiger partial charge in [-0.15, -0.1) is 0 Å². The zero-order valence-electron chi connectivity index (χ0n) is 10.4. The topological polar surface area (TPSA) is 0 Å². The van der Waals surface area contributed by atoms with E-state index in [4.69, 9.17) is 11.6 Å². The average Bonchev–Trinajstić information content (AvgIpc) is 2.82. The number of benzene rings is 2. The second kappa shape index (κ2) is 4.62. The van der Waals surface area contributed by atoms with Gasteiger partial charge in [0.1, 0.15) is 0 Å². The minimum Gasteiger partial charge on any atom is -0.0843 e. The van der Waals surface area contributed by atoms with E-state index >= 15 is 0 Å². The molecule has 1 aliphatic carbocycles. The summed E-state index contributed by atoms with van der Waals surface area (Å²) in [5, 5.41) is 0.788. The molecule has 3 rings (SSSR count). The van der Waals surface area contributed by atoms with Crippen LogP contribution in [0, 0.1) is 0 Å². The van der Waals surface area contributed by atoms with Gasteiger partial charge in [-0.2, -0.15) is 0 Å². The number of rotatable bonds is 2. The van der Waals surface area contributed by atoms with Gasteiger partial charge in [0.05, 0.1) is 0 Å². The first kappa shape index (κ1) is 11.6. The van der Waals surface area contributed by atoms with E-state index in [0.717, 1.165) is 17.9 Å². The Labute approximate surface area is 113 Å². The smallest absolute Gasteiger partial charge is 0.0406 e. The van der Waals surface area contributed by atoms with Gasteiger partial charge in [-0.25, -0.2) is 0 Å². The highest BCUT2D eigenvalue weighted by molar-refractivity contribution is 6.30. The largest absolute Gasteiger partial charge is 0.0843 e. The fourth-order valence-corrected chi connectivity index (χ4v) is 2.67. The van der Waals surface area contributed by atoms with E-state index in [1.165, 1.54) is 27.8 Å². The summed E-state index contributed by atoms with van der Waals surface area (Å²) in [7, 11) is 0. The summed E-state index contributed by atoms with van der Waals surface area (Å²) in [5.74, 6) is 0. The van der Waals surface area contributed by atoms with E-state index in [0.29, 0.717) is 0 Å². The van der Waals surface area contributed by atoms with Crippen molar-refractivity contribution in [1.29, 1.82) is 0 Å². The summed E-state index contributed by atoms with van der Waals surface area (Å²) in [5.41, 5.74) is 6.90. The quantitative estimate of drug-likeness (QED) is 0.677. The Hall–Kier alpha value is -1.53. The molecule has 0 unspecified atom stereocenters. The molecule has 2 aromatic rings. The minimum absolute atomic E-state index is 0.788. The van der Waals surface area contributed by atoms with Gasteiger partial charge in [-0.3, -0.25) is 0 Å². The molecule has 18 heavy (non-hydrogen) atoms. The van der Waals surface area contributed by atoms with Crippen LogP contribution < -0.4 is 0 Å². The third-order valence-corrected chi connectivity index (χ3v) is 3.82. The number of allylic oxidation sites excluding steroid dienone is 1. The molecule has 0 nitrogen and oxygen atoms in total. The molecular weight excluding hydrogens is 240 g/mol. The van der Waals surface area contributed by atoms with Gasteiger partial charge in [0.15, 0.2) is 0 Å². The number of hydrogen-bond donors (Lipinski definition) is 0. The zero-order chi connectivity index (χ0) is 12.5. The van der Waals surface area contributed by atoms with Gasteiger partial charge in [-0.05, 0) is 47.2 Å². The Morgan fingerprint density at radius 1 is 1.06 bits per heavy atom. The molecule has 0 spiro atoms. The molecule has 0 atom stereocenters. The average molecular weight is 255 g/mol. The van der Waals surface area contributed by atoms with Gasteiger partial charge < -0.3 is 0 Å². The molecule has 0 amide bonds. The Morgan fingerprint density at radius 2 is 1.83 bits per heavy atom. The third-order valence-electron chi connectivity index (χ3n) is 3.57. The lowest BCUT2D eigenvalue weighted by Crippen LogP contribution is -1.87. The molecule has 0 radical (unpaired) electrons. The van der Waals surface area contributed by atoms with Crippen molar-refractivity contribution in [2.75, 3.05) is 0 Å². The molecule has 0 aliphatic heterocycles. The maximum Gasteiger partial charge on any atom is 0.0406 e. The molecule has 90 valence electrons. The molecule has 0 N–H and O–H groups in total. The van der Waals surface area contributed by atoms with E-state index in [2.05, 4.69) is 43.3 Å². The van der Waals surface area contributed by atoms with E-state index < -0.39 is 0 Å². The van der Waals surface area contributed by atoms with Crippen LogP contribution in [0.4, 0.5) is 0 Å². The Kier molecular flexibility index (Phi) is 2.97. The van der Waals surface area contributed by atoms with Crippen molar-refractivity contribution in [3.05, 3.63) is 64.2 Å². The lowest BCUT2D eigenvalue weighted by atomic mass is 9.97. The molecule has 0 saturated carbocycles. The van der Waals surface area contributed by atoms with Crippen LogP contribution in [-0.2, 0) is 6.42 Å². The summed E-state index contributed by atoms with van der Waals surface area (Å²) in [4.78, 5) is 0. The molecule has 0 aromatic heterocycles. The first-order valence-electron chi connectivity index (χ1n) is 6.35. The van der Waals surface area contributed by atoms with Crippen LogP contribution in [0.2, 0.25) is 5.02 Å². The fourth-order valence-electron chi connectivity index (χ4n) is 2.55. The van der Waals surface area contributed by atoms with Crippen molar-refractivity contribution < 1.29 is 0 Å². The van der Waals surface area contributed by atoms with Crippen LogP contribution in [0.5, 0.6) is 0 Å². The Morgan fingerprint density at radius 3 is 2.56 bits per heavy atom. The highest BCUT2D eigenvalue weighted by atomic mass is 35.5. The van der Waals surface area contributed by atoms with Crippen molar-refractivity contribution in [1.82, 2.24) is 0 Å². The predicted octanol–water partition coefficient (Wildman–Crippen LogP) is 5.36. The first-order valence-corrected chi connectivity index (χ1v) is 6.73. The van der Waals surface area contributed by atoms with E-state index in [9.17, 15) is 0 Å². The SMILES string of the molecule is CCC1=Cc2c(cccc2-c2ccc(Cl)cc2)C1. The number of fused-ring (bicyclic) bond motifs is 1. The molecule has 0 saturated heterocycles. The van der Waals surface area contributed by atoms with Crippen molar-refractivity contribution >= 4 is 17.7 Å². The first-order chi connectivity index (χ1) is 8.78. The fraction of sp³-hybridized carbons (Fsp3) is 0.176. The van der Waals surface area contributed by atoms with Gasteiger partial charge in [0.25, 0.3) is 0 Å². The maximum absolute atomic E-state index is 5.95. The monoisotopic (exact) mass is 254 g/mol. The molecular formula is C17H15Cl. The summed E-state index contributed by atoms with van der Waals surface area (Å²) >= 11 is 5.95. The van der Waals surface area contributed by atoms with Crippen LogP contribution in [0.15, 0.2) is 48.0 Å². The Balaban J connectivity index is 2.12. The predicted molar refractivity (Wildman–Crippen MR) is 78.9 cm³/mol. The minimum atomic E-state index is 0.788. The normalized spacial score (nSPS) is 13.3. The molecule has 0 fully saturated rings. The second-order valence-electron chi connectivity index (χ2n) is 4.72. The van der Waals surface area contributed by atoms with Crippen molar-refractivity contribution in [2.24, 2.45) is 0 Å². The molecule has 0 heterocycles. The second-order valence-corrected chi connectivity index (χ2v) is 5.15. The van der Waals surface area contributed by atoms with Crippen LogP contribution in [0.3, 0.4) is 0 Å². The van der Waals surface area contributed by atoms with Gasteiger partial charge in [0, 0.05) is 5.02 Å². The maximum atomic E-state index is 5.95. The van der Waals surface area contributed by atoms with Gasteiger partial charge in [0.2, 0.25) is 0 Å². The third kappa shape index (κ3) is 1.97. The van der Waals surface area contributed by atoms with E-state index in [1.54, 1.807) is 0 Å². The summed E-state index contributed by atoms with van der Waals surface area (Å²) in [6, 6.07) is 14.7. The van der Waals surface area contributed by atoms with Crippen LogP contribution in [0.25, 0.3) is 17.2 Å². The van der Waals surface area contributed by atoms with Gasteiger partial charge >= 0.3 is 0 Å². The number of halogens is 1. The van der Waals surface area contributed by atoms with E-state index in [1.807, 2.05) is 12.1 Å². The molecule has 0 bridgehead atoms. The van der Waals surface area contributed by atoms with Crippen LogP contribution in [0.1, 0.15) is 24.5 Å². The highest BCUT2D eigenvalue weighted by Gasteiger charge is 2.15.